The van der Waals surface area contributed by atoms with Gasteiger partial charge in [0, 0.05) is 31.2 Å². The second-order valence-corrected chi connectivity index (χ2v) is 4.27. The summed E-state index contributed by atoms with van der Waals surface area (Å²) in [6, 6.07) is 0.124. The van der Waals surface area contributed by atoms with Crippen LogP contribution in [0.3, 0.4) is 0 Å². The van der Waals surface area contributed by atoms with E-state index in [2.05, 4.69) is 10.3 Å². The smallest absolute Gasteiger partial charge is 0.221 e. The van der Waals surface area contributed by atoms with E-state index in [1.165, 1.54) is 0 Å². The van der Waals surface area contributed by atoms with Crippen LogP contribution in [0.25, 0.3) is 0 Å². The first kappa shape index (κ1) is 12.7. The minimum atomic E-state index is -0.0596. The summed E-state index contributed by atoms with van der Waals surface area (Å²) in [7, 11) is 0. The van der Waals surface area contributed by atoms with Crippen LogP contribution in [0.2, 0.25) is 0 Å². The molecular weight excluding hydrogens is 204 g/mol. The summed E-state index contributed by atoms with van der Waals surface area (Å²) in [5.41, 5.74) is 6.74. The molecule has 0 saturated heterocycles. The largest absolute Gasteiger partial charge is 0.354 e. The first-order valence-electron chi connectivity index (χ1n) is 5.55. The zero-order chi connectivity index (χ0) is 12.1. The van der Waals surface area contributed by atoms with Gasteiger partial charge in [-0.15, -0.1) is 0 Å². The number of hydrogen-bond acceptors (Lipinski definition) is 3. The molecule has 16 heavy (non-hydrogen) atoms. The Labute approximate surface area is 96.0 Å². The number of hydrogen-bond donors (Lipinski definition) is 2. The Kier molecular flexibility index (Phi) is 4.49. The predicted octanol–water partition coefficient (Wildman–Crippen LogP) is 0.817. The van der Waals surface area contributed by atoms with Gasteiger partial charge in [-0.05, 0) is 20.8 Å². The number of imidazole rings is 1. The molecule has 0 bridgehead atoms. The number of nitrogens with one attached hydrogen (secondary N) is 1. The van der Waals surface area contributed by atoms with Gasteiger partial charge in [0.05, 0.1) is 12.0 Å². The molecule has 0 fully saturated rings. The van der Waals surface area contributed by atoms with Crippen LogP contribution in [0, 0.1) is 0 Å². The fraction of sp³-hybridized carbons (Fsp3) is 0.636. The van der Waals surface area contributed by atoms with Gasteiger partial charge in [-0.25, -0.2) is 4.98 Å². The summed E-state index contributed by atoms with van der Waals surface area (Å²) in [5, 5.41) is 2.85. The lowest BCUT2D eigenvalue weighted by Crippen LogP contribution is -2.30. The summed E-state index contributed by atoms with van der Waals surface area (Å²) >= 11 is 0. The van der Waals surface area contributed by atoms with Crippen molar-refractivity contribution in [1.82, 2.24) is 14.9 Å². The SMILES string of the molecule is CC(C)NC(=O)CCn1cncc1[C@H](C)N. The van der Waals surface area contributed by atoms with Crippen LogP contribution < -0.4 is 11.1 Å². The molecule has 0 aliphatic rings. The van der Waals surface area contributed by atoms with Crippen molar-refractivity contribution >= 4 is 5.91 Å². The van der Waals surface area contributed by atoms with Crippen LogP contribution >= 0.6 is 0 Å². The molecule has 0 aromatic carbocycles. The summed E-state index contributed by atoms with van der Waals surface area (Å²) in [5.74, 6) is 0.0549. The molecule has 5 nitrogen and oxygen atoms in total. The highest BCUT2D eigenvalue weighted by molar-refractivity contribution is 5.76. The molecule has 1 aromatic heterocycles. The number of carbonyl (C=O) groups excluding carboxylic acids is 1. The van der Waals surface area contributed by atoms with Gasteiger partial charge >= 0.3 is 0 Å². The van der Waals surface area contributed by atoms with Gasteiger partial charge in [0.2, 0.25) is 5.91 Å². The molecule has 0 aliphatic carbocycles. The zero-order valence-corrected chi connectivity index (χ0v) is 10.1. The average Bonchev–Trinajstić information content (AvgIpc) is 2.61. The molecule has 0 radical (unpaired) electrons. The Bertz CT molecular complexity index is 344. The maximum Gasteiger partial charge on any atom is 0.221 e. The van der Waals surface area contributed by atoms with Gasteiger partial charge in [0.15, 0.2) is 0 Å². The second kappa shape index (κ2) is 5.65. The summed E-state index contributed by atoms with van der Waals surface area (Å²) in [6.45, 7) is 6.42. The number of rotatable bonds is 5. The topological polar surface area (TPSA) is 72.9 Å². The van der Waals surface area contributed by atoms with E-state index in [-0.39, 0.29) is 18.0 Å². The minimum absolute atomic E-state index is 0.0549. The fourth-order valence-electron chi connectivity index (χ4n) is 1.51. The Morgan fingerprint density at radius 3 is 2.81 bits per heavy atom. The Morgan fingerprint density at radius 1 is 1.56 bits per heavy atom. The third kappa shape index (κ3) is 3.66. The van der Waals surface area contributed by atoms with Crippen molar-refractivity contribution in [3.63, 3.8) is 0 Å². The fourth-order valence-corrected chi connectivity index (χ4v) is 1.51. The molecule has 1 atom stereocenters. The first-order valence-corrected chi connectivity index (χ1v) is 5.55. The lowest BCUT2D eigenvalue weighted by molar-refractivity contribution is -0.121. The van der Waals surface area contributed by atoms with Crippen molar-refractivity contribution < 1.29 is 4.79 Å². The van der Waals surface area contributed by atoms with Gasteiger partial charge in [-0.3, -0.25) is 4.79 Å². The van der Waals surface area contributed by atoms with Crippen molar-refractivity contribution in [2.75, 3.05) is 0 Å². The van der Waals surface area contributed by atoms with E-state index >= 15 is 0 Å². The molecule has 0 unspecified atom stereocenters. The van der Waals surface area contributed by atoms with Gasteiger partial charge in [0.1, 0.15) is 0 Å². The third-order valence-electron chi connectivity index (χ3n) is 2.24. The van der Waals surface area contributed by atoms with Gasteiger partial charge in [-0.2, -0.15) is 0 Å². The molecule has 0 aliphatic heterocycles. The molecule has 1 aromatic rings. The van der Waals surface area contributed by atoms with E-state index in [0.717, 1.165) is 5.69 Å². The first-order chi connectivity index (χ1) is 7.50. The van der Waals surface area contributed by atoms with Gasteiger partial charge < -0.3 is 15.6 Å². The van der Waals surface area contributed by atoms with Crippen molar-refractivity contribution in [3.8, 4) is 0 Å². The molecule has 0 spiro atoms. The second-order valence-electron chi connectivity index (χ2n) is 4.27. The van der Waals surface area contributed by atoms with Crippen molar-refractivity contribution in [2.24, 2.45) is 5.73 Å². The van der Waals surface area contributed by atoms with Crippen LogP contribution in [0.5, 0.6) is 0 Å². The molecule has 1 rings (SSSR count). The molecule has 0 saturated carbocycles. The van der Waals surface area contributed by atoms with E-state index in [1.807, 2.05) is 25.3 Å². The van der Waals surface area contributed by atoms with Crippen LogP contribution in [-0.2, 0) is 11.3 Å². The van der Waals surface area contributed by atoms with Crippen LogP contribution in [-0.4, -0.2) is 21.5 Å². The summed E-state index contributed by atoms with van der Waals surface area (Å²) < 4.78 is 1.92. The lowest BCUT2D eigenvalue weighted by Gasteiger charge is -2.12. The number of amides is 1. The summed E-state index contributed by atoms with van der Waals surface area (Å²) in [4.78, 5) is 15.5. The third-order valence-corrected chi connectivity index (χ3v) is 2.24. The molecular formula is C11H20N4O. The van der Waals surface area contributed by atoms with E-state index < -0.39 is 0 Å². The quantitative estimate of drug-likeness (QED) is 0.777. The van der Waals surface area contributed by atoms with E-state index in [0.29, 0.717) is 13.0 Å². The molecule has 1 amide bonds. The molecule has 90 valence electrons. The highest BCUT2D eigenvalue weighted by atomic mass is 16.1. The molecule has 1 heterocycles. The highest BCUT2D eigenvalue weighted by Crippen LogP contribution is 2.08. The Hall–Kier alpha value is -1.36. The average molecular weight is 224 g/mol. The van der Waals surface area contributed by atoms with E-state index in [4.69, 9.17) is 5.73 Å². The Morgan fingerprint density at radius 2 is 2.25 bits per heavy atom. The van der Waals surface area contributed by atoms with Crippen molar-refractivity contribution in [2.45, 2.75) is 45.8 Å². The standard InChI is InChI=1S/C11H20N4O/c1-8(2)14-11(16)4-5-15-7-13-6-10(15)9(3)12/h6-9H,4-5,12H2,1-3H3,(H,14,16)/t9-/m0/s1. The molecule has 5 heteroatoms. The lowest BCUT2D eigenvalue weighted by atomic mass is 10.2. The maximum atomic E-state index is 11.5. The van der Waals surface area contributed by atoms with Crippen molar-refractivity contribution in [3.05, 3.63) is 18.2 Å². The van der Waals surface area contributed by atoms with E-state index in [1.54, 1.807) is 12.5 Å². The number of aryl methyl sites for hydroxylation is 1. The predicted molar refractivity (Wildman–Crippen MR) is 62.7 cm³/mol. The van der Waals surface area contributed by atoms with Crippen LogP contribution in [0.1, 0.15) is 38.9 Å². The maximum absolute atomic E-state index is 11.5. The van der Waals surface area contributed by atoms with Crippen molar-refractivity contribution in [1.29, 1.82) is 0 Å². The number of aromatic nitrogens is 2. The van der Waals surface area contributed by atoms with E-state index in [9.17, 15) is 4.79 Å². The van der Waals surface area contributed by atoms with Crippen LogP contribution in [0.4, 0.5) is 0 Å². The van der Waals surface area contributed by atoms with Gasteiger partial charge in [-0.1, -0.05) is 0 Å². The minimum Gasteiger partial charge on any atom is -0.354 e. The highest BCUT2D eigenvalue weighted by Gasteiger charge is 2.08. The molecule has 3 N–H and O–H groups in total. The number of carbonyl (C=O) groups is 1. The normalized spacial score (nSPS) is 12.8. The van der Waals surface area contributed by atoms with Gasteiger partial charge in [0.25, 0.3) is 0 Å². The zero-order valence-electron chi connectivity index (χ0n) is 10.1. The summed E-state index contributed by atoms with van der Waals surface area (Å²) in [6.07, 6.45) is 3.90. The number of nitrogens with zero attached hydrogens (tertiary/aromatic N) is 2. The Balaban J connectivity index is 2.48. The van der Waals surface area contributed by atoms with Crippen LogP contribution in [0.15, 0.2) is 12.5 Å². The number of nitrogens with two attached hydrogens (primary N) is 1. The monoisotopic (exact) mass is 224 g/mol.